The second-order valence-corrected chi connectivity index (χ2v) is 3.34. The summed E-state index contributed by atoms with van der Waals surface area (Å²) in [6.07, 6.45) is 1.01. The summed E-state index contributed by atoms with van der Waals surface area (Å²) >= 11 is 0. The van der Waals surface area contributed by atoms with Crippen LogP contribution in [-0.2, 0) is 14.3 Å². The first kappa shape index (κ1) is 10.1. The van der Waals surface area contributed by atoms with Gasteiger partial charge in [-0.25, -0.2) is 0 Å². The van der Waals surface area contributed by atoms with Gasteiger partial charge in [-0.15, -0.1) is 0 Å². The van der Waals surface area contributed by atoms with Crippen LogP contribution in [0.5, 0.6) is 0 Å². The molecule has 0 fully saturated rings. The first-order valence-corrected chi connectivity index (χ1v) is 3.59. The Morgan fingerprint density at radius 2 is 2.00 bits per heavy atom. The minimum Gasteiger partial charge on any atom is -0.465 e. The number of carbonyl (C=O) groups is 2. The van der Waals surface area contributed by atoms with E-state index in [0.29, 0.717) is 0 Å². The smallest absolute Gasteiger partial charge is 0.311 e. The van der Waals surface area contributed by atoms with Crippen molar-refractivity contribution in [2.45, 2.75) is 27.2 Å². The monoisotopic (exact) mass is 158 g/mol. The highest BCUT2D eigenvalue weighted by Gasteiger charge is 2.22. The molecule has 11 heavy (non-hydrogen) atoms. The maximum atomic E-state index is 11.0. The molecule has 3 heteroatoms. The zero-order chi connectivity index (χ0) is 8.91. The van der Waals surface area contributed by atoms with Crippen LogP contribution in [-0.4, -0.2) is 18.9 Å². The molecule has 0 aromatic rings. The fraction of sp³-hybridized carbons (Fsp3) is 0.750. The van der Waals surface area contributed by atoms with Crippen molar-refractivity contribution in [3.63, 3.8) is 0 Å². The van der Waals surface area contributed by atoms with E-state index >= 15 is 0 Å². The van der Waals surface area contributed by atoms with Crippen LogP contribution < -0.4 is 0 Å². The highest BCUT2D eigenvalue weighted by molar-refractivity contribution is 5.75. The second kappa shape index (κ2) is 4.11. The predicted octanol–water partition coefficient (Wildman–Crippen LogP) is 1.16. The van der Waals surface area contributed by atoms with E-state index in [9.17, 15) is 9.59 Å². The van der Waals surface area contributed by atoms with Gasteiger partial charge in [-0.3, -0.25) is 4.79 Å². The highest BCUT2D eigenvalue weighted by atomic mass is 16.5. The van der Waals surface area contributed by atoms with E-state index in [0.717, 1.165) is 6.29 Å². The predicted molar refractivity (Wildman–Crippen MR) is 41.1 cm³/mol. The van der Waals surface area contributed by atoms with Crippen LogP contribution >= 0.6 is 0 Å². The summed E-state index contributed by atoms with van der Waals surface area (Å²) in [5.41, 5.74) is -0.469. The molecule has 0 aliphatic carbocycles. The van der Waals surface area contributed by atoms with E-state index in [-0.39, 0.29) is 19.0 Å². The molecule has 0 heterocycles. The summed E-state index contributed by atoms with van der Waals surface area (Å²) in [5, 5.41) is 0. The SMILES string of the molecule is CC(C)(C)C(=O)OCCC=O. The molecule has 0 rings (SSSR count). The summed E-state index contributed by atoms with van der Waals surface area (Å²) < 4.78 is 4.78. The molecular weight excluding hydrogens is 144 g/mol. The van der Waals surface area contributed by atoms with Gasteiger partial charge in [0.25, 0.3) is 0 Å². The van der Waals surface area contributed by atoms with Gasteiger partial charge in [0.2, 0.25) is 0 Å². The summed E-state index contributed by atoms with van der Waals surface area (Å²) in [6, 6.07) is 0. The van der Waals surface area contributed by atoms with E-state index in [1.807, 2.05) is 0 Å². The van der Waals surface area contributed by atoms with Crippen LogP contribution in [0.15, 0.2) is 0 Å². The van der Waals surface area contributed by atoms with Crippen molar-refractivity contribution in [3.05, 3.63) is 0 Å². The van der Waals surface area contributed by atoms with Crippen molar-refractivity contribution in [2.75, 3.05) is 6.61 Å². The van der Waals surface area contributed by atoms with Gasteiger partial charge in [0.05, 0.1) is 12.0 Å². The molecule has 0 radical (unpaired) electrons. The molecule has 0 spiro atoms. The van der Waals surface area contributed by atoms with Gasteiger partial charge in [0.15, 0.2) is 0 Å². The van der Waals surface area contributed by atoms with Crippen molar-refractivity contribution in [1.82, 2.24) is 0 Å². The van der Waals surface area contributed by atoms with Crippen molar-refractivity contribution >= 4 is 12.3 Å². The van der Waals surface area contributed by atoms with Crippen LogP contribution in [0.2, 0.25) is 0 Å². The molecule has 0 aromatic heterocycles. The Balaban J connectivity index is 3.62. The van der Waals surface area contributed by atoms with Crippen LogP contribution in [0.3, 0.4) is 0 Å². The van der Waals surface area contributed by atoms with Crippen molar-refractivity contribution in [1.29, 1.82) is 0 Å². The van der Waals surface area contributed by atoms with Gasteiger partial charge in [-0.05, 0) is 20.8 Å². The topological polar surface area (TPSA) is 43.4 Å². The average Bonchev–Trinajstić information content (AvgIpc) is 1.86. The van der Waals surface area contributed by atoms with Gasteiger partial charge in [-0.1, -0.05) is 0 Å². The Kier molecular flexibility index (Phi) is 3.79. The van der Waals surface area contributed by atoms with E-state index < -0.39 is 5.41 Å². The Labute approximate surface area is 66.7 Å². The molecular formula is C8H14O3. The van der Waals surface area contributed by atoms with Crippen LogP contribution in [0.4, 0.5) is 0 Å². The number of hydrogen-bond acceptors (Lipinski definition) is 3. The van der Waals surface area contributed by atoms with Gasteiger partial charge >= 0.3 is 5.97 Å². The number of rotatable bonds is 3. The molecule has 0 atom stereocenters. The third-order valence-electron chi connectivity index (χ3n) is 1.08. The first-order valence-electron chi connectivity index (χ1n) is 3.59. The molecule has 3 nitrogen and oxygen atoms in total. The lowest BCUT2D eigenvalue weighted by atomic mass is 9.97. The molecule has 0 saturated heterocycles. The summed E-state index contributed by atoms with van der Waals surface area (Å²) in [6.45, 7) is 5.52. The van der Waals surface area contributed by atoms with E-state index in [4.69, 9.17) is 4.74 Å². The quantitative estimate of drug-likeness (QED) is 0.351. The van der Waals surface area contributed by atoms with Crippen molar-refractivity contribution in [2.24, 2.45) is 5.41 Å². The fourth-order valence-electron chi connectivity index (χ4n) is 0.416. The van der Waals surface area contributed by atoms with Gasteiger partial charge in [0, 0.05) is 6.42 Å². The minimum absolute atomic E-state index is 0.194. The Bertz CT molecular complexity index is 144. The summed E-state index contributed by atoms with van der Waals surface area (Å²) in [7, 11) is 0. The third-order valence-corrected chi connectivity index (χ3v) is 1.08. The Morgan fingerprint density at radius 3 is 2.36 bits per heavy atom. The number of hydrogen-bond donors (Lipinski definition) is 0. The summed E-state index contributed by atoms with van der Waals surface area (Å²) in [5.74, 6) is -0.264. The van der Waals surface area contributed by atoms with Crippen LogP contribution in [0.25, 0.3) is 0 Å². The zero-order valence-electron chi connectivity index (χ0n) is 7.22. The maximum absolute atomic E-state index is 11.0. The van der Waals surface area contributed by atoms with Crippen molar-refractivity contribution < 1.29 is 14.3 Å². The lowest BCUT2D eigenvalue weighted by molar-refractivity contribution is -0.153. The molecule has 0 aromatic carbocycles. The standard InChI is InChI=1S/C8H14O3/c1-8(2,3)7(10)11-6-4-5-9/h5H,4,6H2,1-3H3. The molecule has 0 amide bonds. The first-order chi connectivity index (χ1) is 4.98. The zero-order valence-corrected chi connectivity index (χ0v) is 7.22. The molecule has 0 aliphatic rings. The molecule has 0 saturated carbocycles. The van der Waals surface area contributed by atoms with Gasteiger partial charge < -0.3 is 9.53 Å². The van der Waals surface area contributed by atoms with Gasteiger partial charge in [-0.2, -0.15) is 0 Å². The Hall–Kier alpha value is -0.860. The normalized spacial score (nSPS) is 10.8. The minimum atomic E-state index is -0.469. The second-order valence-electron chi connectivity index (χ2n) is 3.34. The molecule has 0 aliphatic heterocycles. The molecule has 0 unspecified atom stereocenters. The third kappa shape index (κ3) is 4.53. The van der Waals surface area contributed by atoms with E-state index in [2.05, 4.69) is 0 Å². The molecule has 64 valence electrons. The number of carbonyl (C=O) groups excluding carboxylic acids is 2. The van der Waals surface area contributed by atoms with Crippen LogP contribution in [0, 0.1) is 5.41 Å². The lowest BCUT2D eigenvalue weighted by Gasteiger charge is -2.15. The highest BCUT2D eigenvalue weighted by Crippen LogP contribution is 2.14. The summed E-state index contributed by atoms with van der Waals surface area (Å²) in [4.78, 5) is 20.8. The van der Waals surface area contributed by atoms with Crippen molar-refractivity contribution in [3.8, 4) is 0 Å². The van der Waals surface area contributed by atoms with E-state index in [1.165, 1.54) is 0 Å². The molecule has 0 N–H and O–H groups in total. The van der Waals surface area contributed by atoms with E-state index in [1.54, 1.807) is 20.8 Å². The molecule has 0 bridgehead atoms. The lowest BCUT2D eigenvalue weighted by Crippen LogP contribution is -2.23. The van der Waals surface area contributed by atoms with Crippen LogP contribution in [0.1, 0.15) is 27.2 Å². The largest absolute Gasteiger partial charge is 0.465 e. The number of esters is 1. The Morgan fingerprint density at radius 1 is 1.45 bits per heavy atom. The number of ether oxygens (including phenoxy) is 1. The average molecular weight is 158 g/mol. The number of aldehydes is 1. The van der Waals surface area contributed by atoms with Gasteiger partial charge in [0.1, 0.15) is 6.29 Å². The maximum Gasteiger partial charge on any atom is 0.311 e. The fourth-order valence-corrected chi connectivity index (χ4v) is 0.416.